The van der Waals surface area contributed by atoms with Crippen LogP contribution in [0.25, 0.3) is 0 Å². The minimum Gasteiger partial charge on any atom is -0.495 e. The van der Waals surface area contributed by atoms with E-state index >= 15 is 0 Å². The van der Waals surface area contributed by atoms with Crippen LogP contribution in [-0.2, 0) is 10.0 Å². The van der Waals surface area contributed by atoms with Crippen molar-refractivity contribution in [3.05, 3.63) is 58.1 Å². The summed E-state index contributed by atoms with van der Waals surface area (Å²) in [5.74, 6) is 0.333. The summed E-state index contributed by atoms with van der Waals surface area (Å²) in [6.07, 6.45) is 0. The molecule has 4 nitrogen and oxygen atoms in total. The predicted molar refractivity (Wildman–Crippen MR) is 90.6 cm³/mol. The molecule has 2 aromatic carbocycles. The lowest BCUT2D eigenvalue weighted by atomic mass is 10.1. The van der Waals surface area contributed by atoms with Gasteiger partial charge in [0.25, 0.3) is 0 Å². The van der Waals surface area contributed by atoms with E-state index in [-0.39, 0.29) is 10.9 Å². The quantitative estimate of drug-likeness (QED) is 0.853. The number of ether oxygens (including phenoxy) is 1. The number of aryl methyl sites for hydroxylation is 1. The largest absolute Gasteiger partial charge is 0.495 e. The van der Waals surface area contributed by atoms with E-state index in [1.807, 2.05) is 44.2 Å². The lowest BCUT2D eigenvalue weighted by Gasteiger charge is -2.17. The van der Waals surface area contributed by atoms with Crippen LogP contribution in [0.2, 0.25) is 0 Å². The van der Waals surface area contributed by atoms with Crippen molar-refractivity contribution in [2.75, 3.05) is 7.11 Å². The lowest BCUT2D eigenvalue weighted by molar-refractivity contribution is 0.402. The number of nitrogens with one attached hydrogen (secondary N) is 1. The van der Waals surface area contributed by atoms with Gasteiger partial charge in [-0.25, -0.2) is 13.1 Å². The highest BCUT2D eigenvalue weighted by Gasteiger charge is 2.22. The van der Waals surface area contributed by atoms with Gasteiger partial charge in [-0.05, 0) is 49.2 Å². The minimum atomic E-state index is -3.68. The molecule has 0 saturated carbocycles. The first-order chi connectivity index (χ1) is 10.3. The second-order valence-corrected chi connectivity index (χ2v) is 7.65. The van der Waals surface area contributed by atoms with Crippen molar-refractivity contribution in [3.8, 4) is 5.75 Å². The number of methoxy groups -OCH3 is 1. The van der Waals surface area contributed by atoms with Gasteiger partial charge in [0.1, 0.15) is 10.6 Å². The lowest BCUT2D eigenvalue weighted by Crippen LogP contribution is -2.27. The average Bonchev–Trinajstić information content (AvgIpc) is 2.46. The molecule has 0 aliphatic rings. The summed E-state index contributed by atoms with van der Waals surface area (Å²) >= 11 is 3.39. The molecule has 1 N–H and O–H groups in total. The maximum Gasteiger partial charge on any atom is 0.244 e. The van der Waals surface area contributed by atoms with E-state index in [1.165, 1.54) is 7.11 Å². The molecule has 6 heteroatoms. The first-order valence-corrected chi connectivity index (χ1v) is 9.03. The summed E-state index contributed by atoms with van der Waals surface area (Å²) in [6, 6.07) is 12.3. The summed E-state index contributed by atoms with van der Waals surface area (Å²) in [7, 11) is -2.22. The van der Waals surface area contributed by atoms with E-state index in [0.29, 0.717) is 5.75 Å². The fourth-order valence-corrected chi connectivity index (χ4v) is 4.04. The summed E-state index contributed by atoms with van der Waals surface area (Å²) in [4.78, 5) is 0.150. The third kappa shape index (κ3) is 3.88. The van der Waals surface area contributed by atoms with Crippen molar-refractivity contribution in [2.24, 2.45) is 0 Å². The highest BCUT2D eigenvalue weighted by atomic mass is 79.9. The zero-order valence-corrected chi connectivity index (χ0v) is 15.0. The first kappa shape index (κ1) is 17.0. The van der Waals surface area contributed by atoms with E-state index < -0.39 is 10.0 Å². The number of sulfonamides is 1. The van der Waals surface area contributed by atoms with Gasteiger partial charge >= 0.3 is 0 Å². The smallest absolute Gasteiger partial charge is 0.244 e. The van der Waals surface area contributed by atoms with Gasteiger partial charge in [-0.3, -0.25) is 0 Å². The van der Waals surface area contributed by atoms with Gasteiger partial charge in [-0.2, -0.15) is 0 Å². The molecule has 1 atom stereocenters. The Labute approximate surface area is 139 Å². The molecule has 0 aliphatic carbocycles. The van der Waals surface area contributed by atoms with Gasteiger partial charge < -0.3 is 4.74 Å². The molecule has 22 heavy (non-hydrogen) atoms. The van der Waals surface area contributed by atoms with E-state index in [9.17, 15) is 8.42 Å². The summed E-state index contributed by atoms with van der Waals surface area (Å²) < 4.78 is 34.0. The highest BCUT2D eigenvalue weighted by molar-refractivity contribution is 9.10. The van der Waals surface area contributed by atoms with Crippen LogP contribution in [0.15, 0.2) is 51.8 Å². The zero-order chi connectivity index (χ0) is 16.3. The van der Waals surface area contributed by atoms with Gasteiger partial charge in [0.2, 0.25) is 10.0 Å². The standard InChI is InChI=1S/C16H18BrNO3S/c1-11-7-8-15(21-3)16(9-11)22(19,20)18-12(2)13-5-4-6-14(17)10-13/h4-10,12,18H,1-3H3/t12-/m0/s1. The van der Waals surface area contributed by atoms with Crippen LogP contribution < -0.4 is 9.46 Å². The number of halogens is 1. The second-order valence-electron chi connectivity index (χ2n) is 5.05. The molecule has 0 saturated heterocycles. The van der Waals surface area contributed by atoms with Crippen molar-refractivity contribution in [2.45, 2.75) is 24.8 Å². The summed E-state index contributed by atoms with van der Waals surface area (Å²) in [6.45, 7) is 3.65. The molecular formula is C16H18BrNO3S. The molecular weight excluding hydrogens is 366 g/mol. The van der Waals surface area contributed by atoms with Crippen molar-refractivity contribution >= 4 is 26.0 Å². The zero-order valence-electron chi connectivity index (χ0n) is 12.6. The molecule has 2 rings (SSSR count). The number of hydrogen-bond donors (Lipinski definition) is 1. The van der Waals surface area contributed by atoms with Gasteiger partial charge in [0.05, 0.1) is 7.11 Å². The molecule has 0 spiro atoms. The molecule has 0 bridgehead atoms. The first-order valence-electron chi connectivity index (χ1n) is 6.76. The van der Waals surface area contributed by atoms with Crippen LogP contribution in [0.5, 0.6) is 5.75 Å². The normalized spacial score (nSPS) is 12.9. The molecule has 0 aliphatic heterocycles. The Kier molecular flexibility index (Phi) is 5.26. The fraction of sp³-hybridized carbons (Fsp3) is 0.250. The third-order valence-corrected chi connectivity index (χ3v) is 5.34. The van der Waals surface area contributed by atoms with Crippen LogP contribution >= 0.6 is 15.9 Å². The van der Waals surface area contributed by atoms with E-state index in [2.05, 4.69) is 20.7 Å². The van der Waals surface area contributed by atoms with Gasteiger partial charge in [0.15, 0.2) is 0 Å². The van der Waals surface area contributed by atoms with Crippen LogP contribution in [0.3, 0.4) is 0 Å². The maximum absolute atomic E-state index is 12.6. The van der Waals surface area contributed by atoms with Gasteiger partial charge in [-0.1, -0.05) is 34.1 Å². The number of benzene rings is 2. The molecule has 0 heterocycles. The Bertz CT molecular complexity index is 775. The minimum absolute atomic E-state index is 0.150. The average molecular weight is 384 g/mol. The summed E-state index contributed by atoms with van der Waals surface area (Å²) in [5.41, 5.74) is 1.74. The van der Waals surface area contributed by atoms with Gasteiger partial charge in [0, 0.05) is 10.5 Å². The topological polar surface area (TPSA) is 55.4 Å². The van der Waals surface area contributed by atoms with Crippen molar-refractivity contribution in [1.29, 1.82) is 0 Å². The Hall–Kier alpha value is -1.37. The van der Waals surface area contributed by atoms with Crippen molar-refractivity contribution in [3.63, 3.8) is 0 Å². The molecule has 0 aromatic heterocycles. The van der Waals surface area contributed by atoms with Crippen LogP contribution in [-0.4, -0.2) is 15.5 Å². The Morgan fingerprint density at radius 3 is 2.55 bits per heavy atom. The monoisotopic (exact) mass is 383 g/mol. The van der Waals surface area contributed by atoms with Crippen LogP contribution in [0.4, 0.5) is 0 Å². The van der Waals surface area contributed by atoms with E-state index in [0.717, 1.165) is 15.6 Å². The molecule has 0 fully saturated rings. The summed E-state index contributed by atoms with van der Waals surface area (Å²) in [5, 5.41) is 0. The number of hydrogen-bond acceptors (Lipinski definition) is 3. The maximum atomic E-state index is 12.6. The van der Waals surface area contributed by atoms with Crippen molar-refractivity contribution < 1.29 is 13.2 Å². The van der Waals surface area contributed by atoms with Crippen LogP contribution in [0.1, 0.15) is 24.1 Å². The van der Waals surface area contributed by atoms with E-state index in [4.69, 9.17) is 4.74 Å². The highest BCUT2D eigenvalue weighted by Crippen LogP contribution is 2.27. The second kappa shape index (κ2) is 6.81. The molecule has 0 unspecified atom stereocenters. The van der Waals surface area contributed by atoms with Crippen LogP contribution in [0, 0.1) is 6.92 Å². The number of rotatable bonds is 5. The Morgan fingerprint density at radius 1 is 1.18 bits per heavy atom. The van der Waals surface area contributed by atoms with Gasteiger partial charge in [-0.15, -0.1) is 0 Å². The fourth-order valence-electron chi connectivity index (χ4n) is 2.13. The SMILES string of the molecule is COc1ccc(C)cc1S(=O)(=O)N[C@@H](C)c1cccc(Br)c1. The molecule has 0 amide bonds. The van der Waals surface area contributed by atoms with E-state index in [1.54, 1.807) is 12.1 Å². The molecule has 0 radical (unpaired) electrons. The Balaban J connectivity index is 2.33. The predicted octanol–water partition coefficient (Wildman–Crippen LogP) is 3.81. The Morgan fingerprint density at radius 2 is 1.91 bits per heavy atom. The molecule has 2 aromatic rings. The van der Waals surface area contributed by atoms with Crippen molar-refractivity contribution in [1.82, 2.24) is 4.72 Å². The third-order valence-electron chi connectivity index (χ3n) is 3.29. The molecule has 118 valence electrons.